The number of hydrogen-bond donors (Lipinski definition) is 6. The average Bonchev–Trinajstić information content (AvgIpc) is 2.93. The topological polar surface area (TPSA) is 183 Å². The van der Waals surface area contributed by atoms with Crippen LogP contribution in [0.15, 0.2) is 24.3 Å². The molecule has 240 valence electrons. The summed E-state index contributed by atoms with van der Waals surface area (Å²) < 4.78 is 5.40. The number of esters is 1. The van der Waals surface area contributed by atoms with E-state index < -0.39 is 29.1 Å². The van der Waals surface area contributed by atoms with Crippen molar-refractivity contribution in [2.75, 3.05) is 57.5 Å². The number of nitrogens with two attached hydrogens (primary N) is 1. The monoisotopic (exact) mass is 611 g/mol. The van der Waals surface area contributed by atoms with Crippen LogP contribution >= 0.6 is 0 Å². The van der Waals surface area contributed by atoms with E-state index in [0.29, 0.717) is 38.2 Å². The summed E-state index contributed by atoms with van der Waals surface area (Å²) in [6, 6.07) is 5.69. The highest BCUT2D eigenvalue weighted by Gasteiger charge is 2.38. The second-order valence-corrected chi connectivity index (χ2v) is 12.1. The highest BCUT2D eigenvalue weighted by atomic mass is 16.6. The van der Waals surface area contributed by atoms with Crippen molar-refractivity contribution in [1.82, 2.24) is 10.2 Å². The number of ether oxygens (including phenoxy) is 1. The molecule has 44 heavy (non-hydrogen) atoms. The molecule has 12 heteroatoms. The van der Waals surface area contributed by atoms with Gasteiger partial charge in [0.05, 0.1) is 28.7 Å². The summed E-state index contributed by atoms with van der Waals surface area (Å²) in [5.41, 5.74) is 5.25. The van der Waals surface area contributed by atoms with E-state index in [9.17, 15) is 29.4 Å². The predicted octanol–water partition coefficient (Wildman–Crippen LogP) is 2.85. The van der Waals surface area contributed by atoms with Gasteiger partial charge in [0.25, 0.3) is 0 Å². The van der Waals surface area contributed by atoms with Crippen molar-refractivity contribution in [3.63, 3.8) is 0 Å². The van der Waals surface area contributed by atoms with E-state index in [0.717, 1.165) is 6.42 Å². The van der Waals surface area contributed by atoms with Crippen LogP contribution in [-0.2, 0) is 14.3 Å². The minimum absolute atomic E-state index is 0.00614. The fourth-order valence-corrected chi connectivity index (χ4v) is 5.05. The highest BCUT2D eigenvalue weighted by molar-refractivity contribution is 6.33. The summed E-state index contributed by atoms with van der Waals surface area (Å²) in [5.74, 6) is -3.24. The van der Waals surface area contributed by atoms with Gasteiger partial charge in [0.15, 0.2) is 0 Å². The molecule has 1 amide bonds. The lowest BCUT2D eigenvalue weighted by atomic mass is 9.81. The first-order valence-corrected chi connectivity index (χ1v) is 14.9. The number of amides is 1. The lowest BCUT2D eigenvalue weighted by molar-refractivity contribution is -0.157. The van der Waals surface area contributed by atoms with E-state index in [-0.39, 0.29) is 64.9 Å². The lowest BCUT2D eigenvalue weighted by Gasteiger charge is -2.25. The van der Waals surface area contributed by atoms with Gasteiger partial charge < -0.3 is 41.5 Å². The van der Waals surface area contributed by atoms with Gasteiger partial charge in [-0.3, -0.25) is 19.2 Å². The van der Waals surface area contributed by atoms with E-state index in [1.54, 1.807) is 20.8 Å². The molecule has 2 aromatic rings. The molecule has 2 aromatic carbocycles. The third kappa shape index (κ3) is 8.70. The molecule has 0 radical (unpaired) electrons. The van der Waals surface area contributed by atoms with Gasteiger partial charge in [-0.25, -0.2) is 0 Å². The highest BCUT2D eigenvalue weighted by Crippen LogP contribution is 2.42. The molecule has 7 N–H and O–H groups in total. The van der Waals surface area contributed by atoms with Crippen molar-refractivity contribution in [1.29, 1.82) is 0 Å². The molecule has 0 bridgehead atoms. The van der Waals surface area contributed by atoms with E-state index in [1.165, 1.54) is 24.3 Å². The van der Waals surface area contributed by atoms with Gasteiger partial charge in [-0.15, -0.1) is 0 Å². The summed E-state index contributed by atoms with van der Waals surface area (Å²) in [6.45, 7) is 7.27. The minimum Gasteiger partial charge on any atom is -0.507 e. The second kappa shape index (κ2) is 15.0. The number of anilines is 2. The van der Waals surface area contributed by atoms with Crippen LogP contribution < -0.4 is 21.7 Å². The summed E-state index contributed by atoms with van der Waals surface area (Å²) in [4.78, 5) is 54.7. The molecule has 0 saturated heterocycles. The standard InChI is InChI=1S/C32H45N5O7/c1-32(2,3)44-24(40)18-19(8-6-7-13-33)31(43)36-15-14-34-20-9-11-22(38)27-25(20)29(41)28-23(39)12-10-21(26(28)30(27)42)35-16-17-37(4)5/h9-12,19,34-35,38-39H,6-8,13-18,33H2,1-5H3,(H,36,43). The third-order valence-electron chi connectivity index (χ3n) is 7.10. The van der Waals surface area contributed by atoms with E-state index in [2.05, 4.69) is 16.0 Å². The van der Waals surface area contributed by atoms with Gasteiger partial charge in [0, 0.05) is 43.5 Å². The van der Waals surface area contributed by atoms with Crippen LogP contribution in [0.3, 0.4) is 0 Å². The molecule has 12 nitrogen and oxygen atoms in total. The van der Waals surface area contributed by atoms with Gasteiger partial charge in [0.1, 0.15) is 17.1 Å². The van der Waals surface area contributed by atoms with Crippen molar-refractivity contribution in [3.05, 3.63) is 46.5 Å². The number of unbranched alkanes of at least 4 members (excludes halogenated alkanes) is 1. The number of phenolic OH excluding ortho intramolecular Hbond substituents is 2. The first-order valence-electron chi connectivity index (χ1n) is 14.9. The Balaban J connectivity index is 1.74. The maximum absolute atomic E-state index is 13.7. The zero-order chi connectivity index (χ0) is 32.6. The molecule has 1 aliphatic rings. The Labute approximate surface area is 258 Å². The number of fused-ring (bicyclic) bond motifs is 2. The first kappa shape index (κ1) is 34.3. The third-order valence-corrected chi connectivity index (χ3v) is 7.10. The van der Waals surface area contributed by atoms with Gasteiger partial charge >= 0.3 is 5.97 Å². The Morgan fingerprint density at radius 3 is 1.91 bits per heavy atom. The zero-order valence-corrected chi connectivity index (χ0v) is 26.2. The van der Waals surface area contributed by atoms with Crippen LogP contribution in [0, 0.1) is 5.92 Å². The average molecular weight is 612 g/mol. The van der Waals surface area contributed by atoms with Crippen LogP contribution in [0.4, 0.5) is 11.4 Å². The Morgan fingerprint density at radius 1 is 0.864 bits per heavy atom. The van der Waals surface area contributed by atoms with E-state index in [4.69, 9.17) is 10.5 Å². The molecular weight excluding hydrogens is 566 g/mol. The predicted molar refractivity (Wildman–Crippen MR) is 168 cm³/mol. The fraction of sp³-hybridized carbons (Fsp3) is 0.500. The lowest BCUT2D eigenvalue weighted by Crippen LogP contribution is -2.36. The molecule has 0 aliphatic heterocycles. The molecule has 1 unspecified atom stereocenters. The molecule has 0 spiro atoms. The summed E-state index contributed by atoms with van der Waals surface area (Å²) in [5, 5.41) is 30.3. The number of nitrogens with zero attached hydrogens (tertiary/aromatic N) is 1. The molecule has 0 saturated carbocycles. The molecule has 1 aliphatic carbocycles. The van der Waals surface area contributed by atoms with Gasteiger partial charge in [-0.1, -0.05) is 6.42 Å². The van der Waals surface area contributed by atoms with Crippen molar-refractivity contribution in [3.8, 4) is 11.5 Å². The first-order chi connectivity index (χ1) is 20.7. The number of hydrogen-bond acceptors (Lipinski definition) is 11. The number of benzene rings is 2. The van der Waals surface area contributed by atoms with Crippen molar-refractivity contribution in [2.45, 2.75) is 52.1 Å². The summed E-state index contributed by atoms with van der Waals surface area (Å²) >= 11 is 0. The number of aromatic hydroxyl groups is 2. The molecular formula is C32H45N5O7. The Bertz CT molecular complexity index is 1380. The van der Waals surface area contributed by atoms with Gasteiger partial charge in [-0.05, 0) is 78.5 Å². The SMILES string of the molecule is CN(C)CCNc1ccc(O)c2c1C(=O)c1c(O)ccc(NCCNC(=O)C(CCCCN)CC(=O)OC(C)(C)C)c1C2=O. The molecule has 0 heterocycles. The van der Waals surface area contributed by atoms with Crippen LogP contribution in [0.2, 0.25) is 0 Å². The zero-order valence-electron chi connectivity index (χ0n) is 26.2. The number of carbonyl (C=O) groups is 4. The second-order valence-electron chi connectivity index (χ2n) is 12.1. The number of rotatable bonds is 15. The van der Waals surface area contributed by atoms with Gasteiger partial charge in [-0.2, -0.15) is 0 Å². The maximum Gasteiger partial charge on any atom is 0.307 e. The molecule has 0 aromatic heterocycles. The summed E-state index contributed by atoms with van der Waals surface area (Å²) in [7, 11) is 3.81. The van der Waals surface area contributed by atoms with Crippen molar-refractivity contribution in [2.24, 2.45) is 11.7 Å². The largest absolute Gasteiger partial charge is 0.507 e. The molecule has 0 fully saturated rings. The number of phenols is 2. The Morgan fingerprint density at radius 2 is 1.41 bits per heavy atom. The fourth-order valence-electron chi connectivity index (χ4n) is 5.05. The van der Waals surface area contributed by atoms with Crippen LogP contribution in [0.1, 0.15) is 78.3 Å². The maximum atomic E-state index is 13.7. The van der Waals surface area contributed by atoms with Crippen molar-refractivity contribution >= 4 is 34.8 Å². The normalized spacial score (nSPS) is 13.2. The quantitative estimate of drug-likeness (QED) is 0.0844. The molecule has 3 rings (SSSR count). The smallest absolute Gasteiger partial charge is 0.307 e. The number of likely N-dealkylation sites (N-methyl/N-ethyl adjacent to an activating group) is 1. The summed E-state index contributed by atoms with van der Waals surface area (Å²) in [6.07, 6.45) is 1.84. The molecule has 1 atom stereocenters. The Kier molecular flexibility index (Phi) is 11.7. The van der Waals surface area contributed by atoms with Crippen LogP contribution in [0.5, 0.6) is 11.5 Å². The van der Waals surface area contributed by atoms with Crippen LogP contribution in [0.25, 0.3) is 0 Å². The number of nitrogens with one attached hydrogen (secondary N) is 3. The van der Waals surface area contributed by atoms with Crippen molar-refractivity contribution < 1.29 is 34.1 Å². The number of carbonyl (C=O) groups excluding carboxylic acids is 4. The van der Waals surface area contributed by atoms with Gasteiger partial charge in [0.2, 0.25) is 17.5 Å². The van der Waals surface area contributed by atoms with E-state index >= 15 is 0 Å². The minimum atomic E-state index is -0.664. The Hall–Kier alpha value is -4.16. The van der Waals surface area contributed by atoms with E-state index in [1.807, 2.05) is 19.0 Å². The number of ketones is 2. The van der Waals surface area contributed by atoms with Crippen LogP contribution in [-0.4, -0.2) is 91.0 Å².